The van der Waals surface area contributed by atoms with E-state index in [0.717, 1.165) is 17.5 Å². The fourth-order valence-corrected chi connectivity index (χ4v) is 3.03. The highest BCUT2D eigenvalue weighted by molar-refractivity contribution is 5.88. The first-order chi connectivity index (χ1) is 14.3. The summed E-state index contributed by atoms with van der Waals surface area (Å²) >= 11 is 0. The Morgan fingerprint density at radius 1 is 1.07 bits per heavy atom. The predicted molar refractivity (Wildman–Crippen MR) is 116 cm³/mol. The van der Waals surface area contributed by atoms with E-state index in [0.29, 0.717) is 6.42 Å². The first kappa shape index (κ1) is 23.4. The molecule has 0 aliphatic rings. The fraction of sp³-hybridized carbons (Fsp3) is 0.417. The van der Waals surface area contributed by atoms with Gasteiger partial charge in [0.05, 0.1) is 0 Å². The minimum Gasteiger partial charge on any atom is -0.481 e. The first-order valence-electron chi connectivity index (χ1n) is 10.4. The molecular weight excluding hydrogens is 383 g/mol. The number of carbonyl (C=O) groups is 2. The molecule has 30 heavy (non-hydrogen) atoms. The zero-order valence-corrected chi connectivity index (χ0v) is 18.2. The normalized spacial score (nSPS) is 12.7. The molecule has 1 N–H and O–H groups in total. The average molecular weight is 415 g/mol. The van der Waals surface area contributed by atoms with Crippen molar-refractivity contribution < 1.29 is 18.7 Å². The first-order valence-corrected chi connectivity index (χ1v) is 10.4. The van der Waals surface area contributed by atoms with Gasteiger partial charge in [0, 0.05) is 12.6 Å². The molecule has 0 aliphatic carbocycles. The second-order valence-electron chi connectivity index (χ2n) is 7.47. The Kier molecular flexibility index (Phi) is 8.84. The van der Waals surface area contributed by atoms with Crippen LogP contribution in [0.4, 0.5) is 4.39 Å². The van der Waals surface area contributed by atoms with Crippen LogP contribution in [0, 0.1) is 12.7 Å². The van der Waals surface area contributed by atoms with Gasteiger partial charge >= 0.3 is 0 Å². The fourth-order valence-electron chi connectivity index (χ4n) is 3.03. The average Bonchev–Trinajstić information content (AvgIpc) is 2.74. The summed E-state index contributed by atoms with van der Waals surface area (Å²) in [5, 5.41) is 2.96. The molecule has 2 amide bonds. The molecule has 0 saturated heterocycles. The van der Waals surface area contributed by atoms with Crippen LogP contribution in [0.2, 0.25) is 0 Å². The highest BCUT2D eigenvalue weighted by Crippen LogP contribution is 2.17. The summed E-state index contributed by atoms with van der Waals surface area (Å²) in [7, 11) is 0. The van der Waals surface area contributed by atoms with Gasteiger partial charge in [-0.05, 0) is 44.4 Å². The van der Waals surface area contributed by atoms with Crippen LogP contribution in [0.5, 0.6) is 5.75 Å². The van der Waals surface area contributed by atoms with Crippen molar-refractivity contribution in [3.8, 4) is 5.75 Å². The van der Waals surface area contributed by atoms with Gasteiger partial charge in [0.15, 0.2) is 18.2 Å². The number of halogens is 1. The smallest absolute Gasteiger partial charge is 0.261 e. The topological polar surface area (TPSA) is 58.6 Å². The van der Waals surface area contributed by atoms with Crippen molar-refractivity contribution in [1.82, 2.24) is 10.2 Å². The largest absolute Gasteiger partial charge is 0.481 e. The molecule has 0 unspecified atom stereocenters. The number of nitrogens with one attached hydrogen (secondary N) is 1. The maximum Gasteiger partial charge on any atom is 0.261 e. The molecule has 5 nitrogen and oxygen atoms in total. The van der Waals surface area contributed by atoms with Crippen LogP contribution >= 0.6 is 0 Å². The lowest BCUT2D eigenvalue weighted by Gasteiger charge is -2.31. The van der Waals surface area contributed by atoms with E-state index in [2.05, 4.69) is 5.32 Å². The van der Waals surface area contributed by atoms with E-state index in [-0.39, 0.29) is 36.8 Å². The lowest BCUT2D eigenvalue weighted by atomic mass is 10.1. The quantitative estimate of drug-likeness (QED) is 0.633. The summed E-state index contributed by atoms with van der Waals surface area (Å²) in [6.07, 6.45) is 1.25. The molecule has 162 valence electrons. The van der Waals surface area contributed by atoms with Gasteiger partial charge in [0.25, 0.3) is 5.91 Å². The highest BCUT2D eigenvalue weighted by Gasteiger charge is 2.29. The van der Waals surface area contributed by atoms with Crippen LogP contribution in [-0.4, -0.2) is 35.4 Å². The Hall–Kier alpha value is -2.89. The number of hydrogen-bond acceptors (Lipinski definition) is 3. The van der Waals surface area contributed by atoms with Gasteiger partial charge in [-0.3, -0.25) is 9.59 Å². The monoisotopic (exact) mass is 414 g/mol. The number of hydrogen-bond donors (Lipinski definition) is 1. The number of carbonyl (C=O) groups excluding carboxylic acids is 2. The number of rotatable bonds is 10. The van der Waals surface area contributed by atoms with Gasteiger partial charge in [-0.1, -0.05) is 55.8 Å². The number of ether oxygens (including phenoxy) is 1. The van der Waals surface area contributed by atoms with Crippen LogP contribution in [0.3, 0.4) is 0 Å². The van der Waals surface area contributed by atoms with E-state index >= 15 is 0 Å². The van der Waals surface area contributed by atoms with Crippen LogP contribution < -0.4 is 10.1 Å². The third kappa shape index (κ3) is 6.58. The van der Waals surface area contributed by atoms with E-state index in [9.17, 15) is 14.0 Å². The number of benzene rings is 2. The molecule has 2 rings (SSSR count). The maximum atomic E-state index is 13.8. The lowest BCUT2D eigenvalue weighted by Crippen LogP contribution is -2.51. The zero-order valence-electron chi connectivity index (χ0n) is 18.2. The molecule has 2 aromatic carbocycles. The van der Waals surface area contributed by atoms with Gasteiger partial charge in [-0.2, -0.15) is 0 Å². The predicted octanol–water partition coefficient (Wildman–Crippen LogP) is 4.24. The summed E-state index contributed by atoms with van der Waals surface area (Å²) in [5.41, 5.74) is 2.02. The van der Waals surface area contributed by atoms with E-state index in [4.69, 9.17) is 4.74 Å². The molecule has 0 radical (unpaired) electrons. The van der Waals surface area contributed by atoms with Gasteiger partial charge in [-0.25, -0.2) is 4.39 Å². The van der Waals surface area contributed by atoms with Crippen LogP contribution in [0.15, 0.2) is 48.5 Å². The van der Waals surface area contributed by atoms with Crippen molar-refractivity contribution >= 4 is 11.8 Å². The van der Waals surface area contributed by atoms with Gasteiger partial charge < -0.3 is 15.0 Å². The maximum absolute atomic E-state index is 13.8. The molecule has 0 saturated carbocycles. The number of para-hydroxylation sites is 1. The molecule has 0 aromatic heterocycles. The SMILES string of the molecule is CC[C@H](C)NC(=O)[C@H](CC)N(Cc1ccc(C)cc1)C(=O)COc1ccccc1F. The summed E-state index contributed by atoms with van der Waals surface area (Å²) in [6.45, 7) is 7.70. The van der Waals surface area contributed by atoms with Crippen LogP contribution in [0.25, 0.3) is 0 Å². The minimum atomic E-state index is -0.642. The van der Waals surface area contributed by atoms with E-state index in [1.165, 1.54) is 17.0 Å². The Labute approximate surface area is 178 Å². The van der Waals surface area contributed by atoms with E-state index in [1.54, 1.807) is 12.1 Å². The van der Waals surface area contributed by atoms with Gasteiger partial charge in [0.2, 0.25) is 5.91 Å². The second-order valence-corrected chi connectivity index (χ2v) is 7.47. The Bertz CT molecular complexity index is 839. The van der Waals surface area contributed by atoms with Crippen molar-refractivity contribution in [3.63, 3.8) is 0 Å². The highest BCUT2D eigenvalue weighted by atomic mass is 19.1. The van der Waals surface area contributed by atoms with E-state index < -0.39 is 11.9 Å². The second kappa shape index (κ2) is 11.3. The molecule has 0 spiro atoms. The Morgan fingerprint density at radius 3 is 2.33 bits per heavy atom. The molecule has 0 fully saturated rings. The Morgan fingerprint density at radius 2 is 1.73 bits per heavy atom. The summed E-state index contributed by atoms with van der Waals surface area (Å²) in [4.78, 5) is 27.4. The molecule has 2 aromatic rings. The third-order valence-electron chi connectivity index (χ3n) is 5.05. The summed E-state index contributed by atoms with van der Waals surface area (Å²) in [6, 6.07) is 13.1. The Balaban J connectivity index is 2.21. The van der Waals surface area contributed by atoms with Crippen LogP contribution in [0.1, 0.15) is 44.7 Å². The van der Waals surface area contributed by atoms with Crippen LogP contribution in [-0.2, 0) is 16.1 Å². The third-order valence-corrected chi connectivity index (χ3v) is 5.05. The molecule has 6 heteroatoms. The minimum absolute atomic E-state index is 0.0116. The lowest BCUT2D eigenvalue weighted by molar-refractivity contribution is -0.143. The molecule has 2 atom stereocenters. The molecular formula is C24H31FN2O3. The van der Waals surface area contributed by atoms with Crippen molar-refractivity contribution in [3.05, 3.63) is 65.5 Å². The molecule has 0 heterocycles. The van der Waals surface area contributed by atoms with E-state index in [1.807, 2.05) is 52.0 Å². The summed E-state index contributed by atoms with van der Waals surface area (Å²) in [5.74, 6) is -1.08. The van der Waals surface area contributed by atoms with Crippen molar-refractivity contribution in [2.24, 2.45) is 0 Å². The number of amides is 2. The van der Waals surface area contributed by atoms with Crippen molar-refractivity contribution in [2.75, 3.05) is 6.61 Å². The standard InChI is InChI=1S/C24H31FN2O3/c1-5-18(4)26-24(29)21(6-2)27(15-19-13-11-17(3)12-14-19)23(28)16-30-22-10-8-7-9-20(22)25/h7-14,18,21H,5-6,15-16H2,1-4H3,(H,26,29)/t18-,21-/m0/s1. The number of aryl methyl sites for hydroxylation is 1. The van der Waals surface area contributed by atoms with Crippen molar-refractivity contribution in [1.29, 1.82) is 0 Å². The molecule has 0 bridgehead atoms. The zero-order chi connectivity index (χ0) is 22.1. The number of nitrogens with zero attached hydrogens (tertiary/aromatic N) is 1. The van der Waals surface area contributed by atoms with Gasteiger partial charge in [0.1, 0.15) is 6.04 Å². The molecule has 0 aliphatic heterocycles. The summed E-state index contributed by atoms with van der Waals surface area (Å²) < 4.78 is 19.3. The van der Waals surface area contributed by atoms with Gasteiger partial charge in [-0.15, -0.1) is 0 Å². The van der Waals surface area contributed by atoms with Crippen molar-refractivity contribution in [2.45, 2.75) is 59.2 Å².